The number of nitrogens with zero attached hydrogens (tertiary/aromatic N) is 1. The van der Waals surface area contributed by atoms with Gasteiger partial charge in [-0.1, -0.05) is 29.8 Å². The van der Waals surface area contributed by atoms with Gasteiger partial charge in [0.25, 0.3) is 0 Å². The summed E-state index contributed by atoms with van der Waals surface area (Å²) < 4.78 is 5.11. The molecule has 0 saturated carbocycles. The third-order valence-electron chi connectivity index (χ3n) is 4.20. The van der Waals surface area contributed by atoms with Crippen molar-refractivity contribution >= 4 is 23.6 Å². The Labute approximate surface area is 143 Å². The summed E-state index contributed by atoms with van der Waals surface area (Å²) >= 11 is 6.06. The van der Waals surface area contributed by atoms with E-state index < -0.39 is 0 Å². The Hall–Kier alpha value is -1.36. The van der Waals surface area contributed by atoms with Crippen molar-refractivity contribution in [3.05, 3.63) is 40.9 Å². The number of carbonyl (C=O) groups excluding carboxylic acids is 1. The maximum atomic E-state index is 11.9. The summed E-state index contributed by atoms with van der Waals surface area (Å²) in [5.74, 6) is 0.498. The summed E-state index contributed by atoms with van der Waals surface area (Å²) in [7, 11) is 1.73. The Morgan fingerprint density at radius 3 is 2.83 bits per heavy atom. The quantitative estimate of drug-likeness (QED) is 0.778. The highest BCUT2D eigenvalue weighted by atomic mass is 35.5. The van der Waals surface area contributed by atoms with Crippen LogP contribution in [-0.4, -0.2) is 50.7 Å². The van der Waals surface area contributed by atoms with Crippen molar-refractivity contribution in [1.82, 2.24) is 10.2 Å². The number of amides is 1. The highest BCUT2D eigenvalue weighted by molar-refractivity contribution is 6.32. The summed E-state index contributed by atoms with van der Waals surface area (Å²) in [6.07, 6.45) is 5.55. The number of methoxy groups -OCH3 is 1. The summed E-state index contributed by atoms with van der Waals surface area (Å²) in [5, 5.41) is 3.64. The van der Waals surface area contributed by atoms with Crippen LogP contribution < -0.4 is 5.32 Å². The van der Waals surface area contributed by atoms with E-state index in [0.29, 0.717) is 10.9 Å². The molecule has 1 saturated heterocycles. The molecule has 0 aromatic heterocycles. The second-order valence-electron chi connectivity index (χ2n) is 5.88. The van der Waals surface area contributed by atoms with Gasteiger partial charge in [-0.25, -0.2) is 0 Å². The minimum atomic E-state index is -0.0632. The van der Waals surface area contributed by atoms with Crippen molar-refractivity contribution in [3.8, 4) is 0 Å². The molecule has 4 nitrogen and oxygen atoms in total. The van der Waals surface area contributed by atoms with Crippen LogP contribution in [0.3, 0.4) is 0 Å². The SMILES string of the molecule is COCCN1CCC(CNC(=O)/C=C/c2ccccc2Cl)CC1. The lowest BCUT2D eigenvalue weighted by Crippen LogP contribution is -2.39. The first-order valence-corrected chi connectivity index (χ1v) is 8.48. The summed E-state index contributed by atoms with van der Waals surface area (Å²) in [5.41, 5.74) is 0.857. The molecule has 5 heteroatoms. The number of ether oxygens (including phenoxy) is 1. The predicted octanol–water partition coefficient (Wildman–Crippen LogP) is 2.83. The van der Waals surface area contributed by atoms with Gasteiger partial charge in [-0.05, 0) is 49.6 Å². The van der Waals surface area contributed by atoms with Crippen LogP contribution in [0.2, 0.25) is 5.02 Å². The highest BCUT2D eigenvalue weighted by Crippen LogP contribution is 2.17. The molecule has 23 heavy (non-hydrogen) atoms. The molecule has 0 atom stereocenters. The lowest BCUT2D eigenvalue weighted by atomic mass is 9.97. The van der Waals surface area contributed by atoms with E-state index in [2.05, 4.69) is 10.2 Å². The number of hydrogen-bond acceptors (Lipinski definition) is 3. The second-order valence-corrected chi connectivity index (χ2v) is 6.29. The molecule has 0 unspecified atom stereocenters. The third kappa shape index (κ3) is 6.34. The lowest BCUT2D eigenvalue weighted by Gasteiger charge is -2.31. The average Bonchev–Trinajstić information content (AvgIpc) is 2.58. The van der Waals surface area contributed by atoms with E-state index in [0.717, 1.165) is 51.2 Å². The van der Waals surface area contributed by atoms with Gasteiger partial charge in [-0.15, -0.1) is 0 Å². The fourth-order valence-electron chi connectivity index (χ4n) is 2.71. The normalized spacial score (nSPS) is 16.8. The van der Waals surface area contributed by atoms with E-state index in [4.69, 9.17) is 16.3 Å². The number of benzene rings is 1. The standard InChI is InChI=1S/C18H25ClN2O2/c1-23-13-12-21-10-8-15(9-11-21)14-20-18(22)7-6-16-4-2-3-5-17(16)19/h2-7,15H,8-14H2,1H3,(H,20,22)/b7-6+. The number of nitrogens with one attached hydrogen (secondary N) is 1. The topological polar surface area (TPSA) is 41.6 Å². The van der Waals surface area contributed by atoms with Crippen molar-refractivity contribution in [2.24, 2.45) is 5.92 Å². The van der Waals surface area contributed by atoms with Crippen LogP contribution in [0.4, 0.5) is 0 Å². The van der Waals surface area contributed by atoms with Crippen molar-refractivity contribution < 1.29 is 9.53 Å². The molecule has 1 aliphatic rings. The average molecular weight is 337 g/mol. The number of halogens is 1. The molecular weight excluding hydrogens is 312 g/mol. The second kappa shape index (κ2) is 9.71. The van der Waals surface area contributed by atoms with Crippen LogP contribution in [0.25, 0.3) is 6.08 Å². The molecule has 1 aromatic carbocycles. The molecule has 1 N–H and O–H groups in total. The molecule has 0 aliphatic carbocycles. The Balaban J connectivity index is 1.68. The zero-order chi connectivity index (χ0) is 16.5. The van der Waals surface area contributed by atoms with Crippen molar-refractivity contribution in [1.29, 1.82) is 0 Å². The first-order chi connectivity index (χ1) is 11.2. The van der Waals surface area contributed by atoms with Gasteiger partial charge in [0.05, 0.1) is 6.61 Å². The molecule has 1 aromatic rings. The highest BCUT2D eigenvalue weighted by Gasteiger charge is 2.18. The summed E-state index contributed by atoms with van der Waals surface area (Å²) in [6, 6.07) is 7.48. The predicted molar refractivity (Wildman–Crippen MR) is 94.5 cm³/mol. The van der Waals surface area contributed by atoms with Crippen LogP contribution >= 0.6 is 11.6 Å². The largest absolute Gasteiger partial charge is 0.383 e. The van der Waals surface area contributed by atoms with Crippen LogP contribution in [-0.2, 0) is 9.53 Å². The van der Waals surface area contributed by atoms with E-state index in [1.165, 1.54) is 0 Å². The summed E-state index contributed by atoms with van der Waals surface area (Å²) in [4.78, 5) is 14.3. The van der Waals surface area contributed by atoms with Gasteiger partial charge in [-0.3, -0.25) is 4.79 Å². The molecule has 0 spiro atoms. The zero-order valence-corrected chi connectivity index (χ0v) is 14.4. The molecule has 1 amide bonds. The zero-order valence-electron chi connectivity index (χ0n) is 13.6. The maximum Gasteiger partial charge on any atom is 0.244 e. The van der Waals surface area contributed by atoms with Crippen LogP contribution in [0.1, 0.15) is 18.4 Å². The Morgan fingerprint density at radius 1 is 1.39 bits per heavy atom. The van der Waals surface area contributed by atoms with Gasteiger partial charge in [0.15, 0.2) is 0 Å². The molecule has 126 valence electrons. The van der Waals surface area contributed by atoms with Crippen molar-refractivity contribution in [2.75, 3.05) is 39.9 Å². The number of hydrogen-bond donors (Lipinski definition) is 1. The first-order valence-electron chi connectivity index (χ1n) is 8.11. The minimum absolute atomic E-state index is 0.0632. The molecular formula is C18H25ClN2O2. The fraction of sp³-hybridized carbons (Fsp3) is 0.500. The molecule has 1 aliphatic heterocycles. The summed E-state index contributed by atoms with van der Waals surface area (Å²) in [6.45, 7) is 4.69. The maximum absolute atomic E-state index is 11.9. The van der Waals surface area contributed by atoms with Gasteiger partial charge in [-0.2, -0.15) is 0 Å². The minimum Gasteiger partial charge on any atom is -0.383 e. The molecule has 1 heterocycles. The number of piperidine rings is 1. The van der Waals surface area contributed by atoms with E-state index >= 15 is 0 Å². The third-order valence-corrected chi connectivity index (χ3v) is 4.55. The first kappa shape index (κ1) is 18.0. The molecule has 1 fully saturated rings. The Morgan fingerprint density at radius 2 is 2.13 bits per heavy atom. The fourth-order valence-corrected chi connectivity index (χ4v) is 2.91. The molecule has 2 rings (SSSR count). The van der Waals surface area contributed by atoms with Crippen LogP contribution in [0, 0.1) is 5.92 Å². The number of carbonyl (C=O) groups is 1. The van der Waals surface area contributed by atoms with Crippen LogP contribution in [0.15, 0.2) is 30.3 Å². The number of likely N-dealkylation sites (tertiary alicyclic amines) is 1. The lowest BCUT2D eigenvalue weighted by molar-refractivity contribution is -0.116. The molecule has 0 bridgehead atoms. The number of rotatable bonds is 7. The Kier molecular flexibility index (Phi) is 7.59. The van der Waals surface area contributed by atoms with E-state index in [1.807, 2.05) is 24.3 Å². The van der Waals surface area contributed by atoms with Gasteiger partial charge >= 0.3 is 0 Å². The Bertz CT molecular complexity index is 526. The van der Waals surface area contributed by atoms with Gasteiger partial charge < -0.3 is 15.0 Å². The van der Waals surface area contributed by atoms with Crippen molar-refractivity contribution in [3.63, 3.8) is 0 Å². The van der Waals surface area contributed by atoms with Gasteiger partial charge in [0.1, 0.15) is 0 Å². The smallest absolute Gasteiger partial charge is 0.244 e. The van der Waals surface area contributed by atoms with E-state index in [9.17, 15) is 4.79 Å². The monoisotopic (exact) mass is 336 g/mol. The van der Waals surface area contributed by atoms with Gasteiger partial charge in [0, 0.05) is 31.3 Å². The van der Waals surface area contributed by atoms with E-state index in [-0.39, 0.29) is 5.91 Å². The molecule has 0 radical (unpaired) electrons. The van der Waals surface area contributed by atoms with E-state index in [1.54, 1.807) is 19.3 Å². The van der Waals surface area contributed by atoms with Crippen LogP contribution in [0.5, 0.6) is 0 Å². The van der Waals surface area contributed by atoms with Gasteiger partial charge in [0.2, 0.25) is 5.91 Å². The van der Waals surface area contributed by atoms with Crippen molar-refractivity contribution in [2.45, 2.75) is 12.8 Å².